The number of aliphatic hydroxyl groups excluding tert-OH is 2. The summed E-state index contributed by atoms with van der Waals surface area (Å²) in [5.74, 6) is -0.157. The molecule has 0 aromatic heterocycles. The van der Waals surface area contributed by atoms with Gasteiger partial charge in [0.1, 0.15) is 0 Å². The summed E-state index contributed by atoms with van der Waals surface area (Å²) < 4.78 is 4.87. The molecule has 0 radical (unpaired) electrons. The molecule has 2 N–H and O–H groups in total. The maximum absolute atomic E-state index is 10.5. The molecule has 0 aromatic rings. The van der Waals surface area contributed by atoms with Crippen molar-refractivity contribution < 1.29 is 72.6 Å². The van der Waals surface area contributed by atoms with Gasteiger partial charge in [0.15, 0.2) is 0 Å². The molecule has 124 valence electrons. The Morgan fingerprint density at radius 2 is 1.24 bits per heavy atom. The fourth-order valence-corrected chi connectivity index (χ4v) is 1.81. The zero-order valence-corrected chi connectivity index (χ0v) is 17.5. The molecule has 0 bridgehead atoms. The van der Waals surface area contributed by atoms with Crippen molar-refractivity contribution in [2.45, 2.75) is 78.1 Å². The van der Waals surface area contributed by atoms with Gasteiger partial charge in [0.2, 0.25) is 0 Å². The number of rotatable bonds is 12. The summed E-state index contributed by atoms with van der Waals surface area (Å²) in [7, 11) is 0. The van der Waals surface area contributed by atoms with Gasteiger partial charge in [0.25, 0.3) is 0 Å². The molecule has 5 heteroatoms. The van der Waals surface area contributed by atoms with Crippen LogP contribution in [0.4, 0.5) is 0 Å². The van der Waals surface area contributed by atoms with E-state index in [1.54, 1.807) is 0 Å². The van der Waals surface area contributed by atoms with Crippen molar-refractivity contribution in [3.8, 4) is 0 Å². The van der Waals surface area contributed by atoms with Crippen molar-refractivity contribution >= 4 is 5.97 Å². The van der Waals surface area contributed by atoms with Crippen LogP contribution in [0.5, 0.6) is 0 Å². The summed E-state index contributed by atoms with van der Waals surface area (Å²) in [5, 5.41) is 15.2. The van der Waals surface area contributed by atoms with Crippen molar-refractivity contribution in [3.05, 3.63) is 0 Å². The molecular weight excluding hydrogens is 295 g/mol. The van der Waals surface area contributed by atoms with Crippen molar-refractivity contribution in [3.63, 3.8) is 0 Å². The molecule has 0 amide bonds. The molecule has 0 aliphatic heterocycles. The summed E-state index contributed by atoms with van der Waals surface area (Å²) in [5.41, 5.74) is 0. The summed E-state index contributed by atoms with van der Waals surface area (Å²) in [6.07, 6.45) is 13.1. The van der Waals surface area contributed by atoms with Gasteiger partial charge in [-0.25, -0.2) is 0 Å². The molecule has 0 unspecified atom stereocenters. The zero-order chi connectivity index (χ0) is 15.5. The number of hydrogen-bond acceptors (Lipinski definition) is 4. The molecule has 21 heavy (non-hydrogen) atoms. The molecule has 4 nitrogen and oxygen atoms in total. The quantitative estimate of drug-likeness (QED) is 0.312. The van der Waals surface area contributed by atoms with Gasteiger partial charge in [-0.3, -0.25) is 4.79 Å². The van der Waals surface area contributed by atoms with Crippen LogP contribution in [-0.2, 0) is 9.53 Å². The normalized spacial score (nSPS) is 9.33. The maximum Gasteiger partial charge on any atom is 1.00 e. The predicted molar refractivity (Wildman–Crippen MR) is 83.8 cm³/mol. The van der Waals surface area contributed by atoms with Crippen LogP contribution in [0, 0.1) is 0 Å². The van der Waals surface area contributed by atoms with Crippen LogP contribution in [0.1, 0.15) is 79.5 Å². The average Bonchev–Trinajstić information content (AvgIpc) is 2.44. The van der Waals surface area contributed by atoms with Crippen molar-refractivity contribution in [2.75, 3.05) is 19.8 Å². The van der Waals surface area contributed by atoms with E-state index in [-0.39, 0.29) is 72.0 Å². The van der Waals surface area contributed by atoms with Gasteiger partial charge in [0.05, 0.1) is 19.8 Å². The fourth-order valence-electron chi connectivity index (χ4n) is 1.81. The van der Waals surface area contributed by atoms with Crippen LogP contribution >= 0.6 is 0 Å². The molecular formula is C16H35KO4. The molecule has 0 spiro atoms. The van der Waals surface area contributed by atoms with E-state index in [0.717, 1.165) is 6.42 Å². The molecule has 0 heterocycles. The number of carbonyl (C=O) groups is 1. The van der Waals surface area contributed by atoms with Crippen LogP contribution in [0.3, 0.4) is 0 Å². The van der Waals surface area contributed by atoms with Gasteiger partial charge in [-0.05, 0) is 6.42 Å². The molecule has 0 atom stereocenters. The zero-order valence-electron chi connectivity index (χ0n) is 15.4. The minimum atomic E-state index is -0.157. The monoisotopic (exact) mass is 330 g/mol. The van der Waals surface area contributed by atoms with Gasteiger partial charge >= 0.3 is 57.4 Å². The third kappa shape index (κ3) is 33.7. The Morgan fingerprint density at radius 1 is 0.857 bits per heavy atom. The minimum absolute atomic E-state index is 0. The standard InChI is InChI=1S/C14H28O2.C2H6O2.K.H/c1-3-4-5-6-7-8-9-10-11-12-13-16-14(2)15;3-1-2-4;;/h3-13H2,1-2H3;3-4H,1-2H2;;/q;;+1;-1. The van der Waals surface area contributed by atoms with E-state index in [4.69, 9.17) is 14.9 Å². The van der Waals surface area contributed by atoms with E-state index >= 15 is 0 Å². The largest absolute Gasteiger partial charge is 1.00 e. The third-order valence-electron chi connectivity index (χ3n) is 2.90. The Kier molecular flexibility index (Phi) is 33.2. The number of aliphatic hydroxyl groups is 2. The van der Waals surface area contributed by atoms with E-state index in [1.807, 2.05) is 0 Å². The van der Waals surface area contributed by atoms with Crippen LogP contribution in [0.15, 0.2) is 0 Å². The number of esters is 1. The number of hydrogen-bond donors (Lipinski definition) is 2. The second kappa shape index (κ2) is 26.0. The predicted octanol–water partition coefficient (Wildman–Crippen LogP) is 0.558. The first-order valence-corrected chi connectivity index (χ1v) is 8.04. The number of carbonyl (C=O) groups excluding carboxylic acids is 1. The Hall–Kier alpha value is 1.03. The van der Waals surface area contributed by atoms with E-state index in [2.05, 4.69) is 6.92 Å². The van der Waals surface area contributed by atoms with E-state index in [1.165, 1.54) is 64.7 Å². The summed E-state index contributed by atoms with van der Waals surface area (Å²) in [6.45, 7) is 4.07. The summed E-state index contributed by atoms with van der Waals surface area (Å²) >= 11 is 0. The van der Waals surface area contributed by atoms with Gasteiger partial charge in [-0.1, -0.05) is 64.7 Å². The summed E-state index contributed by atoms with van der Waals surface area (Å²) in [4.78, 5) is 10.5. The number of ether oxygens (including phenoxy) is 1. The van der Waals surface area contributed by atoms with Gasteiger partial charge < -0.3 is 16.4 Å². The van der Waals surface area contributed by atoms with Gasteiger partial charge in [-0.15, -0.1) is 0 Å². The topological polar surface area (TPSA) is 66.8 Å². The first-order chi connectivity index (χ1) is 9.68. The Labute approximate surface area is 174 Å². The first kappa shape index (κ1) is 26.9. The smallest absolute Gasteiger partial charge is 1.00 e. The van der Waals surface area contributed by atoms with Crippen molar-refractivity contribution in [2.24, 2.45) is 0 Å². The Morgan fingerprint density at radius 3 is 1.57 bits per heavy atom. The first-order valence-electron chi connectivity index (χ1n) is 8.04. The van der Waals surface area contributed by atoms with E-state index in [0.29, 0.717) is 6.61 Å². The fraction of sp³-hybridized carbons (Fsp3) is 0.938. The average molecular weight is 331 g/mol. The molecule has 0 saturated carbocycles. The van der Waals surface area contributed by atoms with E-state index < -0.39 is 0 Å². The molecule has 0 saturated heterocycles. The second-order valence-corrected chi connectivity index (χ2v) is 4.97. The summed E-state index contributed by atoms with van der Waals surface area (Å²) in [6, 6.07) is 0. The molecule has 0 aromatic carbocycles. The Bertz CT molecular complexity index is 193. The molecule has 0 aliphatic rings. The van der Waals surface area contributed by atoms with Crippen LogP contribution in [0.2, 0.25) is 0 Å². The number of unbranched alkanes of at least 4 members (excludes halogenated alkanes) is 9. The molecule has 0 rings (SSSR count). The third-order valence-corrected chi connectivity index (χ3v) is 2.90. The second-order valence-electron chi connectivity index (χ2n) is 4.97. The maximum atomic E-state index is 10.5. The minimum Gasteiger partial charge on any atom is -1.00 e. The SMILES string of the molecule is CCCCCCCCCCCCOC(C)=O.OCCO.[H-].[K+]. The van der Waals surface area contributed by atoms with Gasteiger partial charge in [-0.2, -0.15) is 0 Å². The van der Waals surface area contributed by atoms with Crippen molar-refractivity contribution in [1.82, 2.24) is 0 Å². The van der Waals surface area contributed by atoms with E-state index in [9.17, 15) is 4.79 Å². The Balaban J connectivity index is -0.000000240. The molecule has 0 fully saturated rings. The molecule has 0 aliphatic carbocycles. The van der Waals surface area contributed by atoms with Crippen LogP contribution in [-0.4, -0.2) is 36.0 Å². The van der Waals surface area contributed by atoms with Crippen molar-refractivity contribution in [1.29, 1.82) is 0 Å². The van der Waals surface area contributed by atoms with Crippen LogP contribution < -0.4 is 51.4 Å². The van der Waals surface area contributed by atoms with Crippen LogP contribution in [0.25, 0.3) is 0 Å². The van der Waals surface area contributed by atoms with Gasteiger partial charge in [0, 0.05) is 6.92 Å².